The molecule has 3 atom stereocenters. The van der Waals surface area contributed by atoms with Gasteiger partial charge in [-0.25, -0.2) is 0 Å². The quantitative estimate of drug-likeness (QED) is 0.0683. The van der Waals surface area contributed by atoms with Crippen LogP contribution in [0, 0.1) is 11.8 Å². The Morgan fingerprint density at radius 3 is 2.49 bits per heavy atom. The van der Waals surface area contributed by atoms with Gasteiger partial charge in [0, 0.05) is 30.9 Å². The Balaban J connectivity index is 1.47. The lowest BCUT2D eigenvalue weighted by atomic mass is 9.90. The molecule has 1 aliphatic rings. The highest BCUT2D eigenvalue weighted by Gasteiger charge is 2.22. The van der Waals surface area contributed by atoms with E-state index in [0.717, 1.165) is 43.6 Å². The number of hydrogen-bond acceptors (Lipinski definition) is 5. The summed E-state index contributed by atoms with van der Waals surface area (Å²) in [6.07, 6.45) is 17.7. The van der Waals surface area contributed by atoms with Gasteiger partial charge in [0.2, 0.25) is 0 Å². The monoisotopic (exact) mass is 553 g/mol. The van der Waals surface area contributed by atoms with Gasteiger partial charge in [-0.2, -0.15) is 11.8 Å². The van der Waals surface area contributed by atoms with Crippen LogP contribution in [0.1, 0.15) is 83.1 Å². The third-order valence-corrected chi connectivity index (χ3v) is 8.23. The largest absolute Gasteiger partial charge is 0.465 e. The van der Waals surface area contributed by atoms with Crippen LogP contribution >= 0.6 is 11.8 Å². The standard InChI is InChI=1S/C33H47NO4S/c1-4-28(14-8-6-9-15-29(5-2)30-16-10-7-11-17-30)26-27(3)21-24-39-25-23-38-33(37)18-12-13-22-34-31(35)19-20-32(34)36/h4,6-7,9-11,16-17,19-20,27-29H,1,5,8,12-15,18,21-26H2,2-3H3. The van der Waals surface area contributed by atoms with Crippen LogP contribution in [0.2, 0.25) is 0 Å². The first kappa shape index (κ1) is 32.6. The fourth-order valence-corrected chi connectivity index (χ4v) is 5.76. The number of carbonyl (C=O) groups excluding carboxylic acids is 3. The Morgan fingerprint density at radius 1 is 1.05 bits per heavy atom. The molecule has 5 nitrogen and oxygen atoms in total. The van der Waals surface area contributed by atoms with Crippen molar-refractivity contribution in [1.29, 1.82) is 0 Å². The Morgan fingerprint density at radius 2 is 1.79 bits per heavy atom. The molecular weight excluding hydrogens is 506 g/mol. The zero-order chi connectivity index (χ0) is 28.3. The molecule has 0 fully saturated rings. The van der Waals surface area contributed by atoms with Crippen molar-refractivity contribution in [3.8, 4) is 0 Å². The van der Waals surface area contributed by atoms with Crippen molar-refractivity contribution in [2.45, 2.75) is 77.6 Å². The number of carbonyl (C=O) groups is 3. The molecule has 1 aromatic rings. The first-order valence-electron chi connectivity index (χ1n) is 14.5. The molecule has 0 saturated heterocycles. The average Bonchev–Trinajstić information content (AvgIpc) is 3.26. The van der Waals surface area contributed by atoms with Gasteiger partial charge >= 0.3 is 5.97 Å². The van der Waals surface area contributed by atoms with Crippen LogP contribution in [0.3, 0.4) is 0 Å². The number of imide groups is 1. The van der Waals surface area contributed by atoms with Gasteiger partial charge in [-0.15, -0.1) is 6.58 Å². The molecule has 0 bridgehead atoms. The molecule has 0 aliphatic carbocycles. The van der Waals surface area contributed by atoms with Crippen LogP contribution in [0.4, 0.5) is 0 Å². The maximum absolute atomic E-state index is 11.9. The number of amides is 2. The van der Waals surface area contributed by atoms with E-state index < -0.39 is 0 Å². The summed E-state index contributed by atoms with van der Waals surface area (Å²) in [6.45, 7) is 9.43. The minimum absolute atomic E-state index is 0.214. The molecule has 1 aromatic carbocycles. The molecule has 1 heterocycles. The summed E-state index contributed by atoms with van der Waals surface area (Å²) in [7, 11) is 0. The predicted molar refractivity (Wildman–Crippen MR) is 163 cm³/mol. The molecule has 0 radical (unpaired) electrons. The van der Waals surface area contributed by atoms with Gasteiger partial charge in [-0.3, -0.25) is 19.3 Å². The van der Waals surface area contributed by atoms with E-state index in [2.05, 4.69) is 69.0 Å². The van der Waals surface area contributed by atoms with Crippen molar-refractivity contribution in [3.63, 3.8) is 0 Å². The highest BCUT2D eigenvalue weighted by atomic mass is 32.2. The number of unbranched alkanes of at least 4 members (excludes halogenated alkanes) is 1. The summed E-state index contributed by atoms with van der Waals surface area (Å²) in [4.78, 5) is 36.1. The Labute approximate surface area is 240 Å². The van der Waals surface area contributed by atoms with Gasteiger partial charge < -0.3 is 4.74 Å². The summed E-state index contributed by atoms with van der Waals surface area (Å²) < 4.78 is 5.32. The number of esters is 1. The second kappa shape index (κ2) is 19.5. The number of thioether (sulfide) groups is 1. The Bertz CT molecular complexity index is 924. The van der Waals surface area contributed by atoms with E-state index in [-0.39, 0.29) is 17.8 Å². The maximum atomic E-state index is 11.9. The van der Waals surface area contributed by atoms with Crippen molar-refractivity contribution >= 4 is 29.5 Å². The van der Waals surface area contributed by atoms with Gasteiger partial charge in [0.1, 0.15) is 6.61 Å². The van der Waals surface area contributed by atoms with E-state index in [1.807, 2.05) is 11.8 Å². The summed E-state index contributed by atoms with van der Waals surface area (Å²) in [5.74, 6) is 2.88. The molecule has 0 N–H and O–H groups in total. The van der Waals surface area contributed by atoms with Crippen molar-refractivity contribution < 1.29 is 19.1 Å². The van der Waals surface area contributed by atoms with Crippen molar-refractivity contribution in [1.82, 2.24) is 4.90 Å². The first-order valence-corrected chi connectivity index (χ1v) is 15.7. The maximum Gasteiger partial charge on any atom is 0.305 e. The normalized spacial score (nSPS) is 15.6. The van der Waals surface area contributed by atoms with Gasteiger partial charge in [0.15, 0.2) is 0 Å². The lowest BCUT2D eigenvalue weighted by Crippen LogP contribution is -2.30. The van der Waals surface area contributed by atoms with Gasteiger partial charge in [0.25, 0.3) is 11.8 Å². The number of ether oxygens (including phenoxy) is 1. The summed E-state index contributed by atoms with van der Waals surface area (Å²) in [5.41, 5.74) is 1.43. The average molecular weight is 554 g/mol. The van der Waals surface area contributed by atoms with E-state index in [4.69, 9.17) is 4.74 Å². The molecule has 1 aliphatic heterocycles. The number of nitrogens with zero attached hydrogens (tertiary/aromatic N) is 1. The van der Waals surface area contributed by atoms with Gasteiger partial charge in [0.05, 0.1) is 0 Å². The lowest BCUT2D eigenvalue weighted by Gasteiger charge is -2.17. The fraction of sp³-hybridized carbons (Fsp3) is 0.545. The Kier molecular flexibility index (Phi) is 16.3. The number of hydrogen-bond donors (Lipinski definition) is 0. The highest BCUT2D eigenvalue weighted by Crippen LogP contribution is 2.25. The number of rotatable bonds is 21. The van der Waals surface area contributed by atoms with Crippen LogP contribution in [-0.4, -0.2) is 47.3 Å². The second-order valence-electron chi connectivity index (χ2n) is 10.4. The molecule has 3 unspecified atom stereocenters. The third-order valence-electron chi connectivity index (χ3n) is 7.25. The zero-order valence-corrected chi connectivity index (χ0v) is 24.7. The molecule has 2 rings (SSSR count). The summed E-state index contributed by atoms with van der Waals surface area (Å²) >= 11 is 1.83. The first-order chi connectivity index (χ1) is 18.9. The number of allylic oxidation sites excluding steroid dienone is 3. The van der Waals surface area contributed by atoms with E-state index in [9.17, 15) is 14.4 Å². The lowest BCUT2D eigenvalue weighted by molar-refractivity contribution is -0.143. The smallest absolute Gasteiger partial charge is 0.305 e. The summed E-state index contributed by atoms with van der Waals surface area (Å²) in [5, 5.41) is 0. The summed E-state index contributed by atoms with van der Waals surface area (Å²) in [6, 6.07) is 10.8. The van der Waals surface area contributed by atoms with Crippen molar-refractivity contribution in [2.24, 2.45) is 11.8 Å². The van der Waals surface area contributed by atoms with Crippen LogP contribution in [0.25, 0.3) is 0 Å². The molecule has 0 spiro atoms. The van der Waals surface area contributed by atoms with Crippen LogP contribution in [-0.2, 0) is 19.1 Å². The van der Waals surface area contributed by atoms with E-state index in [1.54, 1.807) is 0 Å². The molecule has 0 aromatic heterocycles. The third kappa shape index (κ3) is 13.3. The predicted octanol–water partition coefficient (Wildman–Crippen LogP) is 7.50. The van der Waals surface area contributed by atoms with E-state index >= 15 is 0 Å². The van der Waals surface area contributed by atoms with Gasteiger partial charge in [-0.05, 0) is 80.4 Å². The second-order valence-corrected chi connectivity index (χ2v) is 11.6. The number of benzene rings is 1. The van der Waals surface area contributed by atoms with Gasteiger partial charge in [-0.1, -0.05) is 62.4 Å². The van der Waals surface area contributed by atoms with Crippen LogP contribution in [0.15, 0.2) is 67.3 Å². The Hall–Kier alpha value is -2.60. The molecule has 6 heteroatoms. The minimum atomic E-state index is -0.277. The molecule has 39 heavy (non-hydrogen) atoms. The highest BCUT2D eigenvalue weighted by molar-refractivity contribution is 7.99. The SMILES string of the molecule is C=CC(CCC=CCC(CC)c1ccccc1)CC(C)CCSCCOC(=O)CCCCN1C(=O)C=CC1=O. The molecule has 2 amide bonds. The van der Waals surface area contributed by atoms with Crippen LogP contribution < -0.4 is 0 Å². The molecular formula is C33H47NO4S. The molecule has 0 saturated carbocycles. The minimum Gasteiger partial charge on any atom is -0.465 e. The molecule has 214 valence electrons. The zero-order valence-electron chi connectivity index (χ0n) is 23.9. The van der Waals surface area contributed by atoms with E-state index in [0.29, 0.717) is 50.2 Å². The van der Waals surface area contributed by atoms with Crippen molar-refractivity contribution in [2.75, 3.05) is 24.7 Å². The topological polar surface area (TPSA) is 63.7 Å². The van der Waals surface area contributed by atoms with Crippen LogP contribution in [0.5, 0.6) is 0 Å². The van der Waals surface area contributed by atoms with Crippen molar-refractivity contribution in [3.05, 3.63) is 72.9 Å². The fourth-order valence-electron chi connectivity index (χ4n) is 4.78. The van der Waals surface area contributed by atoms with E-state index in [1.165, 1.54) is 29.0 Å².